The van der Waals surface area contributed by atoms with Crippen molar-refractivity contribution in [3.8, 4) is 0 Å². The molecule has 0 bridgehead atoms. The van der Waals surface area contributed by atoms with Crippen molar-refractivity contribution in [3.63, 3.8) is 0 Å². The average molecular weight is 232 g/mol. The molecule has 0 spiro atoms. The van der Waals surface area contributed by atoms with Gasteiger partial charge < -0.3 is 0 Å². The maximum absolute atomic E-state index is 11.5. The van der Waals surface area contributed by atoms with Crippen LogP contribution in [-0.4, -0.2) is 5.78 Å². The first kappa shape index (κ1) is 12.6. The van der Waals surface area contributed by atoms with Crippen LogP contribution in [0.3, 0.4) is 0 Å². The van der Waals surface area contributed by atoms with E-state index in [1.54, 1.807) is 6.08 Å². The minimum Gasteiger partial charge on any atom is -0.290 e. The highest BCUT2D eigenvalue weighted by atomic mass is 16.1. The van der Waals surface area contributed by atoms with Gasteiger partial charge in [0.2, 0.25) is 0 Å². The van der Waals surface area contributed by atoms with Crippen LogP contribution in [0, 0.1) is 23.2 Å². The van der Waals surface area contributed by atoms with Crippen molar-refractivity contribution in [2.75, 3.05) is 0 Å². The van der Waals surface area contributed by atoms with E-state index in [0.29, 0.717) is 5.92 Å². The molecule has 2 rings (SSSR count). The molecule has 17 heavy (non-hydrogen) atoms. The number of carbonyl (C=O) groups excluding carboxylic acids is 1. The maximum atomic E-state index is 11.5. The molecule has 0 heterocycles. The monoisotopic (exact) mass is 232 g/mol. The summed E-state index contributed by atoms with van der Waals surface area (Å²) in [4.78, 5) is 11.5. The van der Waals surface area contributed by atoms with Gasteiger partial charge in [-0.15, -0.1) is 0 Å². The highest BCUT2D eigenvalue weighted by Gasteiger charge is 2.43. The zero-order valence-electron chi connectivity index (χ0n) is 11.5. The van der Waals surface area contributed by atoms with Crippen molar-refractivity contribution in [2.45, 2.75) is 47.0 Å². The van der Waals surface area contributed by atoms with Gasteiger partial charge >= 0.3 is 0 Å². The van der Waals surface area contributed by atoms with Gasteiger partial charge in [-0.3, -0.25) is 4.79 Å². The predicted molar refractivity (Wildman–Crippen MR) is 71.7 cm³/mol. The predicted octanol–water partition coefficient (Wildman–Crippen LogP) is 4.15. The van der Waals surface area contributed by atoms with Gasteiger partial charge in [-0.2, -0.15) is 0 Å². The number of carbonyl (C=O) groups is 1. The van der Waals surface area contributed by atoms with E-state index in [0.717, 1.165) is 18.3 Å². The number of hydrogen-bond acceptors (Lipinski definition) is 1. The van der Waals surface area contributed by atoms with E-state index in [4.69, 9.17) is 0 Å². The highest BCUT2D eigenvalue weighted by Crippen LogP contribution is 2.52. The fourth-order valence-corrected chi connectivity index (χ4v) is 3.62. The summed E-state index contributed by atoms with van der Waals surface area (Å²) in [6.07, 6.45) is 9.41. The third-order valence-electron chi connectivity index (χ3n) is 5.31. The minimum absolute atomic E-state index is 0.125. The third-order valence-corrected chi connectivity index (χ3v) is 5.31. The molecule has 1 nitrogen and oxygen atoms in total. The van der Waals surface area contributed by atoms with Crippen LogP contribution in [0.15, 0.2) is 23.8 Å². The van der Waals surface area contributed by atoms with Crippen LogP contribution in [0.25, 0.3) is 0 Å². The van der Waals surface area contributed by atoms with E-state index in [-0.39, 0.29) is 11.2 Å². The van der Waals surface area contributed by atoms with Crippen molar-refractivity contribution >= 4 is 5.78 Å². The molecule has 1 fully saturated rings. The normalized spacial score (nSPS) is 38.6. The van der Waals surface area contributed by atoms with Gasteiger partial charge in [0.15, 0.2) is 5.78 Å². The van der Waals surface area contributed by atoms with Crippen molar-refractivity contribution in [3.05, 3.63) is 23.8 Å². The number of ketones is 1. The molecule has 2 aliphatic rings. The Morgan fingerprint density at radius 1 is 1.53 bits per heavy atom. The summed E-state index contributed by atoms with van der Waals surface area (Å²) in [5.74, 6) is 2.39. The molecule has 0 aliphatic heterocycles. The molecule has 0 aromatic carbocycles. The molecule has 1 saturated carbocycles. The standard InChI is InChI=1S/C16H24O/c1-5-11(2)15-7-6-13-10-14(17)8-9-16(13,4)12(15)3/h8-12,15H,5-7H2,1-4H3/t11?,12-,15-,16+/m0/s1. The highest BCUT2D eigenvalue weighted by molar-refractivity contribution is 6.01. The first-order valence-corrected chi connectivity index (χ1v) is 6.93. The van der Waals surface area contributed by atoms with Gasteiger partial charge in [-0.05, 0) is 42.7 Å². The molecule has 0 N–H and O–H groups in total. The zero-order chi connectivity index (χ0) is 12.6. The maximum Gasteiger partial charge on any atom is 0.178 e. The molecule has 1 unspecified atom stereocenters. The van der Waals surface area contributed by atoms with Crippen LogP contribution in [0.4, 0.5) is 0 Å². The Bertz CT molecular complexity index is 377. The van der Waals surface area contributed by atoms with Crippen LogP contribution >= 0.6 is 0 Å². The SMILES string of the molecule is CCC(C)[C@@H]1CCC2=CC(=O)C=C[C@]2(C)[C@H]1C. The lowest BCUT2D eigenvalue weighted by Crippen LogP contribution is -2.39. The molecule has 0 radical (unpaired) electrons. The molecule has 0 aromatic rings. The van der Waals surface area contributed by atoms with Crippen molar-refractivity contribution in [1.29, 1.82) is 0 Å². The Balaban J connectivity index is 2.29. The first-order valence-electron chi connectivity index (χ1n) is 6.93. The second kappa shape index (κ2) is 4.44. The Hall–Kier alpha value is -0.850. The molecule has 0 amide bonds. The summed E-state index contributed by atoms with van der Waals surface area (Å²) in [5, 5.41) is 0. The third kappa shape index (κ3) is 2.00. The largest absolute Gasteiger partial charge is 0.290 e. The smallest absolute Gasteiger partial charge is 0.178 e. The number of fused-ring (bicyclic) bond motifs is 1. The van der Waals surface area contributed by atoms with E-state index in [1.807, 2.05) is 6.08 Å². The van der Waals surface area contributed by atoms with Crippen LogP contribution < -0.4 is 0 Å². The molecule has 0 aromatic heterocycles. The lowest BCUT2D eigenvalue weighted by atomic mass is 9.57. The number of rotatable bonds is 2. The summed E-state index contributed by atoms with van der Waals surface area (Å²) in [6.45, 7) is 9.33. The van der Waals surface area contributed by atoms with Gasteiger partial charge in [0, 0.05) is 5.41 Å². The molecular weight excluding hydrogens is 208 g/mol. The Morgan fingerprint density at radius 3 is 2.88 bits per heavy atom. The van der Waals surface area contributed by atoms with Crippen LogP contribution in [0.1, 0.15) is 47.0 Å². The second-order valence-corrected chi connectivity index (χ2v) is 6.06. The lowest BCUT2D eigenvalue weighted by Gasteiger charge is -2.47. The van der Waals surface area contributed by atoms with Gasteiger partial charge in [-0.1, -0.05) is 45.8 Å². The molecule has 2 aliphatic carbocycles. The minimum atomic E-state index is 0.125. The molecule has 0 saturated heterocycles. The molecule has 4 atom stereocenters. The Morgan fingerprint density at radius 2 is 2.24 bits per heavy atom. The van der Waals surface area contributed by atoms with Gasteiger partial charge in [-0.25, -0.2) is 0 Å². The van der Waals surface area contributed by atoms with Crippen molar-refractivity contribution in [1.82, 2.24) is 0 Å². The van der Waals surface area contributed by atoms with Crippen LogP contribution in [-0.2, 0) is 4.79 Å². The van der Waals surface area contributed by atoms with E-state index in [9.17, 15) is 4.79 Å². The van der Waals surface area contributed by atoms with E-state index < -0.39 is 0 Å². The quantitative estimate of drug-likeness (QED) is 0.699. The number of allylic oxidation sites excluding steroid dienone is 4. The molecular formula is C16H24O. The summed E-state index contributed by atoms with van der Waals surface area (Å²) in [7, 11) is 0. The summed E-state index contributed by atoms with van der Waals surface area (Å²) in [5.41, 5.74) is 1.48. The fraction of sp³-hybridized carbons (Fsp3) is 0.688. The van der Waals surface area contributed by atoms with Gasteiger partial charge in [0.25, 0.3) is 0 Å². The van der Waals surface area contributed by atoms with E-state index in [1.165, 1.54) is 18.4 Å². The summed E-state index contributed by atoms with van der Waals surface area (Å²) in [6, 6.07) is 0. The Labute approximate surface area is 105 Å². The van der Waals surface area contributed by atoms with Crippen LogP contribution in [0.2, 0.25) is 0 Å². The molecule has 1 heteroatoms. The lowest BCUT2D eigenvalue weighted by molar-refractivity contribution is -0.110. The topological polar surface area (TPSA) is 17.1 Å². The molecule has 94 valence electrons. The first-order chi connectivity index (χ1) is 7.99. The fourth-order valence-electron chi connectivity index (χ4n) is 3.62. The van der Waals surface area contributed by atoms with Crippen molar-refractivity contribution in [2.24, 2.45) is 23.2 Å². The van der Waals surface area contributed by atoms with Crippen LogP contribution in [0.5, 0.6) is 0 Å². The Kier molecular flexibility index (Phi) is 3.29. The van der Waals surface area contributed by atoms with E-state index in [2.05, 4.69) is 33.8 Å². The summed E-state index contributed by atoms with van der Waals surface area (Å²) < 4.78 is 0. The number of hydrogen-bond donors (Lipinski definition) is 0. The summed E-state index contributed by atoms with van der Waals surface area (Å²) >= 11 is 0. The second-order valence-electron chi connectivity index (χ2n) is 6.06. The van der Waals surface area contributed by atoms with E-state index >= 15 is 0 Å². The average Bonchev–Trinajstić information content (AvgIpc) is 2.32. The van der Waals surface area contributed by atoms with Gasteiger partial charge in [0.1, 0.15) is 0 Å². The zero-order valence-corrected chi connectivity index (χ0v) is 11.5. The van der Waals surface area contributed by atoms with Crippen molar-refractivity contribution < 1.29 is 4.79 Å². The van der Waals surface area contributed by atoms with Gasteiger partial charge in [0.05, 0.1) is 0 Å².